The standard InChI is InChI=1S/C15H15FN2O4S/c16-12-7-8-15(18(19)20)14(11-12)17-9-4-10-23(21,22)13-5-2-1-3-6-13/h1-3,5-8,11,17H,4,9-10H2. The summed E-state index contributed by atoms with van der Waals surface area (Å²) in [6.07, 6.45) is 0.241. The van der Waals surface area contributed by atoms with Gasteiger partial charge in [-0.05, 0) is 24.6 Å². The number of nitrogens with zero attached hydrogens (tertiary/aromatic N) is 1. The van der Waals surface area contributed by atoms with Gasteiger partial charge in [-0.3, -0.25) is 10.1 Å². The predicted octanol–water partition coefficient (Wildman–Crippen LogP) is 3.01. The lowest BCUT2D eigenvalue weighted by Gasteiger charge is -2.08. The van der Waals surface area contributed by atoms with Crippen molar-refractivity contribution >= 4 is 21.2 Å². The highest BCUT2D eigenvalue weighted by molar-refractivity contribution is 7.91. The Morgan fingerprint density at radius 2 is 1.83 bits per heavy atom. The Labute approximate surface area is 133 Å². The number of halogens is 1. The van der Waals surface area contributed by atoms with Gasteiger partial charge in [-0.25, -0.2) is 12.8 Å². The molecule has 0 aromatic heterocycles. The van der Waals surface area contributed by atoms with Gasteiger partial charge in [0, 0.05) is 18.7 Å². The molecule has 0 radical (unpaired) electrons. The van der Waals surface area contributed by atoms with Crippen molar-refractivity contribution < 1.29 is 17.7 Å². The van der Waals surface area contributed by atoms with Gasteiger partial charge in [0.25, 0.3) is 5.69 Å². The van der Waals surface area contributed by atoms with Crippen LogP contribution < -0.4 is 5.32 Å². The molecular weight excluding hydrogens is 323 g/mol. The van der Waals surface area contributed by atoms with E-state index in [-0.39, 0.29) is 35.0 Å². The molecule has 0 amide bonds. The van der Waals surface area contributed by atoms with Crippen LogP contribution in [-0.4, -0.2) is 25.6 Å². The molecule has 0 saturated heterocycles. The van der Waals surface area contributed by atoms with Crippen molar-refractivity contribution in [1.29, 1.82) is 0 Å². The van der Waals surface area contributed by atoms with Crippen molar-refractivity contribution in [2.75, 3.05) is 17.6 Å². The van der Waals surface area contributed by atoms with Crippen LogP contribution in [0.4, 0.5) is 15.8 Å². The molecule has 0 fully saturated rings. The summed E-state index contributed by atoms with van der Waals surface area (Å²) in [5.41, 5.74) is -0.218. The first-order valence-corrected chi connectivity index (χ1v) is 8.51. The van der Waals surface area contributed by atoms with E-state index in [0.29, 0.717) is 0 Å². The van der Waals surface area contributed by atoms with Crippen molar-refractivity contribution in [2.24, 2.45) is 0 Å². The summed E-state index contributed by atoms with van der Waals surface area (Å²) in [6, 6.07) is 11.1. The molecule has 2 rings (SSSR count). The fourth-order valence-corrected chi connectivity index (χ4v) is 3.37. The van der Waals surface area contributed by atoms with E-state index in [4.69, 9.17) is 0 Å². The fraction of sp³-hybridized carbons (Fsp3) is 0.200. The highest BCUT2D eigenvalue weighted by atomic mass is 32.2. The second kappa shape index (κ2) is 7.19. The fourth-order valence-electron chi connectivity index (χ4n) is 2.04. The lowest BCUT2D eigenvalue weighted by molar-refractivity contribution is -0.384. The van der Waals surface area contributed by atoms with Gasteiger partial charge in [0.2, 0.25) is 0 Å². The number of anilines is 1. The molecule has 0 atom stereocenters. The van der Waals surface area contributed by atoms with E-state index in [0.717, 1.165) is 18.2 Å². The molecule has 122 valence electrons. The third-order valence-corrected chi connectivity index (χ3v) is 4.98. The third-order valence-electron chi connectivity index (χ3n) is 3.16. The summed E-state index contributed by atoms with van der Waals surface area (Å²) >= 11 is 0. The second-order valence-electron chi connectivity index (χ2n) is 4.83. The van der Waals surface area contributed by atoms with E-state index >= 15 is 0 Å². The van der Waals surface area contributed by atoms with E-state index < -0.39 is 20.6 Å². The predicted molar refractivity (Wildman–Crippen MR) is 84.7 cm³/mol. The SMILES string of the molecule is O=[N+]([O-])c1ccc(F)cc1NCCCS(=O)(=O)c1ccccc1. The number of rotatable bonds is 7. The Balaban J connectivity index is 1.96. The Hall–Kier alpha value is -2.48. The monoisotopic (exact) mass is 338 g/mol. The van der Waals surface area contributed by atoms with Gasteiger partial charge in [0.05, 0.1) is 15.6 Å². The molecule has 0 saturated carbocycles. The van der Waals surface area contributed by atoms with E-state index in [1.807, 2.05) is 0 Å². The Morgan fingerprint density at radius 3 is 2.48 bits per heavy atom. The average molecular weight is 338 g/mol. The lowest BCUT2D eigenvalue weighted by atomic mass is 10.2. The molecule has 0 heterocycles. The van der Waals surface area contributed by atoms with E-state index in [1.165, 1.54) is 12.1 Å². The van der Waals surface area contributed by atoms with Gasteiger partial charge in [-0.2, -0.15) is 0 Å². The molecule has 2 aromatic carbocycles. The zero-order valence-corrected chi connectivity index (χ0v) is 12.9. The Bertz CT molecular complexity index is 794. The molecule has 0 aliphatic rings. The first kappa shape index (κ1) is 16.9. The maximum Gasteiger partial charge on any atom is 0.292 e. The first-order valence-electron chi connectivity index (χ1n) is 6.86. The molecular formula is C15H15FN2O4S. The van der Waals surface area contributed by atoms with Crippen molar-refractivity contribution in [3.05, 3.63) is 64.5 Å². The topological polar surface area (TPSA) is 89.3 Å². The minimum atomic E-state index is -3.40. The van der Waals surface area contributed by atoms with Crippen molar-refractivity contribution in [3.8, 4) is 0 Å². The van der Waals surface area contributed by atoms with Crippen LogP contribution in [0, 0.1) is 15.9 Å². The van der Waals surface area contributed by atoms with Crippen LogP contribution in [0.5, 0.6) is 0 Å². The summed E-state index contributed by atoms with van der Waals surface area (Å²) in [5, 5.41) is 13.6. The molecule has 6 nitrogen and oxygen atoms in total. The summed E-state index contributed by atoms with van der Waals surface area (Å²) in [7, 11) is -3.40. The number of hydrogen-bond donors (Lipinski definition) is 1. The summed E-state index contributed by atoms with van der Waals surface area (Å²) in [6.45, 7) is 0.177. The van der Waals surface area contributed by atoms with E-state index in [9.17, 15) is 22.9 Å². The largest absolute Gasteiger partial charge is 0.379 e. The van der Waals surface area contributed by atoms with Gasteiger partial charge in [0.15, 0.2) is 9.84 Å². The van der Waals surface area contributed by atoms with E-state index in [1.54, 1.807) is 18.2 Å². The second-order valence-corrected chi connectivity index (χ2v) is 6.94. The quantitative estimate of drug-likeness (QED) is 0.476. The molecule has 1 N–H and O–H groups in total. The number of benzene rings is 2. The van der Waals surface area contributed by atoms with E-state index in [2.05, 4.69) is 5.32 Å². The number of nitro groups is 1. The number of nitro benzene ring substituents is 1. The van der Waals surface area contributed by atoms with Crippen LogP contribution in [0.1, 0.15) is 6.42 Å². The minimum absolute atomic E-state index is 0.0344. The minimum Gasteiger partial charge on any atom is -0.379 e. The molecule has 0 spiro atoms. The van der Waals surface area contributed by atoms with Crippen LogP contribution in [-0.2, 0) is 9.84 Å². The van der Waals surface area contributed by atoms with Crippen molar-refractivity contribution in [2.45, 2.75) is 11.3 Å². The van der Waals surface area contributed by atoms with Gasteiger partial charge in [-0.1, -0.05) is 18.2 Å². The molecule has 0 bridgehead atoms. The normalized spacial score (nSPS) is 11.2. The summed E-state index contributed by atoms with van der Waals surface area (Å²) < 4.78 is 37.3. The van der Waals surface area contributed by atoms with Crippen LogP contribution in [0.3, 0.4) is 0 Å². The Morgan fingerprint density at radius 1 is 1.13 bits per heavy atom. The highest BCUT2D eigenvalue weighted by Crippen LogP contribution is 2.24. The van der Waals surface area contributed by atoms with Gasteiger partial charge in [0.1, 0.15) is 11.5 Å². The lowest BCUT2D eigenvalue weighted by Crippen LogP contribution is -2.12. The van der Waals surface area contributed by atoms with Crippen LogP contribution in [0.15, 0.2) is 53.4 Å². The third kappa shape index (κ3) is 4.49. The molecule has 0 unspecified atom stereocenters. The maximum atomic E-state index is 13.2. The van der Waals surface area contributed by atoms with Crippen LogP contribution in [0.25, 0.3) is 0 Å². The number of hydrogen-bond acceptors (Lipinski definition) is 5. The Kier molecular flexibility index (Phi) is 5.28. The smallest absolute Gasteiger partial charge is 0.292 e. The summed E-state index contributed by atoms with van der Waals surface area (Å²) in [4.78, 5) is 10.5. The maximum absolute atomic E-state index is 13.2. The molecule has 8 heteroatoms. The van der Waals surface area contributed by atoms with Crippen LogP contribution in [0.2, 0.25) is 0 Å². The van der Waals surface area contributed by atoms with Gasteiger partial charge < -0.3 is 5.32 Å². The molecule has 0 aliphatic heterocycles. The molecule has 2 aromatic rings. The molecule has 23 heavy (non-hydrogen) atoms. The number of sulfone groups is 1. The van der Waals surface area contributed by atoms with Gasteiger partial charge in [-0.15, -0.1) is 0 Å². The summed E-state index contributed by atoms with van der Waals surface area (Å²) in [5.74, 6) is -0.706. The highest BCUT2D eigenvalue weighted by Gasteiger charge is 2.16. The van der Waals surface area contributed by atoms with Crippen molar-refractivity contribution in [1.82, 2.24) is 0 Å². The zero-order valence-electron chi connectivity index (χ0n) is 12.1. The zero-order chi connectivity index (χ0) is 16.9. The molecule has 0 aliphatic carbocycles. The van der Waals surface area contributed by atoms with Crippen LogP contribution >= 0.6 is 0 Å². The average Bonchev–Trinajstić information content (AvgIpc) is 2.52. The van der Waals surface area contributed by atoms with Gasteiger partial charge >= 0.3 is 0 Å². The van der Waals surface area contributed by atoms with Crippen molar-refractivity contribution in [3.63, 3.8) is 0 Å². The number of nitrogens with one attached hydrogen (secondary N) is 1. The first-order chi connectivity index (χ1) is 10.9.